The molecule has 0 aliphatic heterocycles. The third-order valence-corrected chi connectivity index (χ3v) is 3.83. The van der Waals surface area contributed by atoms with Crippen LogP contribution in [0.1, 0.15) is 43.7 Å². The number of rotatable bonds is 2. The monoisotopic (exact) mass is 314 g/mol. The number of Topliss-reactive ketones (excluding diaryl/α,β-unsaturated/α-hetero) is 2. The van der Waals surface area contributed by atoms with Gasteiger partial charge in [0.2, 0.25) is 0 Å². The van der Waals surface area contributed by atoms with Crippen LogP contribution in [0.15, 0.2) is 18.2 Å². The number of carbonyl (C=O) groups is 2. The number of carbonyl (C=O) groups excluding carboxylic acids is 2. The van der Waals surface area contributed by atoms with E-state index in [1.54, 1.807) is 13.8 Å². The Hall–Kier alpha value is -1.85. The molecule has 0 spiro atoms. The van der Waals surface area contributed by atoms with E-state index < -0.39 is 34.6 Å². The van der Waals surface area contributed by atoms with Crippen molar-refractivity contribution in [3.63, 3.8) is 0 Å². The molecule has 3 nitrogen and oxygen atoms in total. The zero-order valence-corrected chi connectivity index (χ0v) is 12.6. The van der Waals surface area contributed by atoms with Crippen molar-refractivity contribution < 1.29 is 27.5 Å². The summed E-state index contributed by atoms with van der Waals surface area (Å²) >= 11 is 0. The fraction of sp³-hybridized carbons (Fsp3) is 0.500. The first-order valence-electron chi connectivity index (χ1n) is 6.86. The van der Waals surface area contributed by atoms with Crippen LogP contribution in [0.25, 0.3) is 0 Å². The van der Waals surface area contributed by atoms with Crippen LogP contribution in [0.4, 0.5) is 13.2 Å². The summed E-state index contributed by atoms with van der Waals surface area (Å²) in [5, 5.41) is 0. The lowest BCUT2D eigenvalue weighted by Crippen LogP contribution is -2.37. The van der Waals surface area contributed by atoms with Gasteiger partial charge in [-0.2, -0.15) is 13.2 Å². The van der Waals surface area contributed by atoms with Gasteiger partial charge in [0.05, 0.1) is 12.7 Å². The molecule has 1 saturated carbocycles. The zero-order valence-electron chi connectivity index (χ0n) is 12.6. The third kappa shape index (κ3) is 3.15. The summed E-state index contributed by atoms with van der Waals surface area (Å²) in [5.41, 5.74) is -1.77. The van der Waals surface area contributed by atoms with Crippen molar-refractivity contribution in [2.45, 2.75) is 38.8 Å². The summed E-state index contributed by atoms with van der Waals surface area (Å²) in [6.07, 6.45) is -4.48. The van der Waals surface area contributed by atoms with Crippen LogP contribution in [0, 0.1) is 5.41 Å². The quantitative estimate of drug-likeness (QED) is 0.781. The minimum absolute atomic E-state index is 0.0344. The molecule has 1 aromatic rings. The number of benzene rings is 1. The maximum atomic E-state index is 13.2. The Morgan fingerprint density at radius 1 is 1.14 bits per heavy atom. The smallest absolute Gasteiger partial charge is 0.416 e. The van der Waals surface area contributed by atoms with E-state index in [4.69, 9.17) is 4.74 Å². The highest BCUT2D eigenvalue weighted by atomic mass is 19.4. The van der Waals surface area contributed by atoms with E-state index in [0.717, 1.165) is 6.07 Å². The highest BCUT2D eigenvalue weighted by molar-refractivity contribution is 6.10. The number of halogens is 3. The van der Waals surface area contributed by atoms with Gasteiger partial charge in [-0.25, -0.2) is 0 Å². The van der Waals surface area contributed by atoms with E-state index >= 15 is 0 Å². The number of hydrogen-bond acceptors (Lipinski definition) is 3. The summed E-state index contributed by atoms with van der Waals surface area (Å²) in [6, 6.07) is 3.33. The Bertz CT molecular complexity index is 598. The van der Waals surface area contributed by atoms with Gasteiger partial charge in [0.15, 0.2) is 0 Å². The Morgan fingerprint density at radius 2 is 1.68 bits per heavy atom. The highest BCUT2D eigenvalue weighted by Crippen LogP contribution is 2.43. The lowest BCUT2D eigenvalue weighted by atomic mass is 9.69. The molecule has 0 bridgehead atoms. The van der Waals surface area contributed by atoms with Gasteiger partial charge in [-0.1, -0.05) is 19.9 Å². The number of methoxy groups -OCH3 is 1. The summed E-state index contributed by atoms with van der Waals surface area (Å²) < 4.78 is 44.6. The number of ether oxygens (including phenoxy) is 1. The molecule has 1 aliphatic carbocycles. The van der Waals surface area contributed by atoms with Crippen LogP contribution in [0.5, 0.6) is 5.75 Å². The topological polar surface area (TPSA) is 43.4 Å². The van der Waals surface area contributed by atoms with Crippen LogP contribution in [0.2, 0.25) is 0 Å². The lowest BCUT2D eigenvalue weighted by molar-refractivity contribution is -0.140. The van der Waals surface area contributed by atoms with Crippen LogP contribution >= 0.6 is 0 Å². The summed E-state index contributed by atoms with van der Waals surface area (Å²) in [5.74, 6) is -2.23. The molecule has 0 radical (unpaired) electrons. The molecular formula is C16H17F3O3. The summed E-state index contributed by atoms with van der Waals surface area (Å²) in [4.78, 5) is 24.5. The Kier molecular flexibility index (Phi) is 4.06. The van der Waals surface area contributed by atoms with Gasteiger partial charge in [-0.3, -0.25) is 9.59 Å². The SMILES string of the molecule is COc1ccc(C2C(=O)CC(C)(C)CC2=O)c(C(F)(F)F)c1. The first-order valence-corrected chi connectivity index (χ1v) is 6.86. The average molecular weight is 314 g/mol. The number of hydrogen-bond donors (Lipinski definition) is 0. The third-order valence-electron chi connectivity index (χ3n) is 3.83. The van der Waals surface area contributed by atoms with Crippen molar-refractivity contribution in [1.82, 2.24) is 0 Å². The van der Waals surface area contributed by atoms with Gasteiger partial charge < -0.3 is 4.74 Å². The van der Waals surface area contributed by atoms with E-state index in [2.05, 4.69) is 0 Å². The highest BCUT2D eigenvalue weighted by Gasteiger charge is 2.44. The van der Waals surface area contributed by atoms with Crippen molar-refractivity contribution in [1.29, 1.82) is 0 Å². The van der Waals surface area contributed by atoms with Crippen LogP contribution in [-0.4, -0.2) is 18.7 Å². The molecule has 0 atom stereocenters. The molecule has 0 saturated heterocycles. The second kappa shape index (κ2) is 5.41. The molecule has 0 amide bonds. The molecule has 1 fully saturated rings. The van der Waals surface area contributed by atoms with Gasteiger partial charge in [-0.15, -0.1) is 0 Å². The van der Waals surface area contributed by atoms with Crippen LogP contribution < -0.4 is 4.74 Å². The van der Waals surface area contributed by atoms with E-state index in [1.807, 2.05) is 0 Å². The molecule has 0 N–H and O–H groups in total. The second-order valence-corrected chi connectivity index (χ2v) is 6.33. The molecule has 0 unspecified atom stereocenters. The minimum Gasteiger partial charge on any atom is -0.497 e. The maximum absolute atomic E-state index is 13.2. The number of alkyl halides is 3. The summed E-state index contributed by atoms with van der Waals surface area (Å²) in [6.45, 7) is 3.52. The van der Waals surface area contributed by atoms with Gasteiger partial charge >= 0.3 is 6.18 Å². The molecule has 22 heavy (non-hydrogen) atoms. The fourth-order valence-electron chi connectivity index (χ4n) is 2.90. The van der Waals surface area contributed by atoms with Gasteiger partial charge in [0.25, 0.3) is 0 Å². The zero-order chi connectivity index (χ0) is 16.7. The first-order chi connectivity index (χ1) is 10.0. The molecule has 0 aromatic heterocycles. The van der Waals surface area contributed by atoms with Gasteiger partial charge in [-0.05, 0) is 23.1 Å². The molecule has 6 heteroatoms. The fourth-order valence-corrected chi connectivity index (χ4v) is 2.90. The predicted molar refractivity (Wildman–Crippen MR) is 73.8 cm³/mol. The Labute approximate surface area is 126 Å². The van der Waals surface area contributed by atoms with Crippen LogP contribution in [0.3, 0.4) is 0 Å². The molecular weight excluding hydrogens is 297 g/mol. The molecule has 2 rings (SSSR count). The van der Waals surface area contributed by atoms with Gasteiger partial charge in [0, 0.05) is 12.8 Å². The van der Waals surface area contributed by atoms with Crippen molar-refractivity contribution in [3.05, 3.63) is 29.3 Å². The largest absolute Gasteiger partial charge is 0.497 e. The van der Waals surface area contributed by atoms with Crippen molar-refractivity contribution in [2.24, 2.45) is 5.41 Å². The molecule has 1 aromatic carbocycles. The normalized spacial score (nSPS) is 19.4. The molecule has 1 aliphatic rings. The Balaban J connectivity index is 2.53. The average Bonchev–Trinajstić information content (AvgIpc) is 2.35. The van der Waals surface area contributed by atoms with E-state index in [1.165, 1.54) is 19.2 Å². The van der Waals surface area contributed by atoms with Crippen molar-refractivity contribution in [3.8, 4) is 5.75 Å². The minimum atomic E-state index is -4.66. The number of ketones is 2. The van der Waals surface area contributed by atoms with E-state index in [0.29, 0.717) is 0 Å². The van der Waals surface area contributed by atoms with Crippen LogP contribution in [-0.2, 0) is 15.8 Å². The second-order valence-electron chi connectivity index (χ2n) is 6.33. The van der Waals surface area contributed by atoms with E-state index in [9.17, 15) is 22.8 Å². The van der Waals surface area contributed by atoms with Crippen molar-refractivity contribution >= 4 is 11.6 Å². The predicted octanol–water partition coefficient (Wildman–Crippen LogP) is 3.76. The van der Waals surface area contributed by atoms with E-state index in [-0.39, 0.29) is 24.2 Å². The van der Waals surface area contributed by atoms with Gasteiger partial charge in [0.1, 0.15) is 23.2 Å². The standard InChI is InChI=1S/C16H17F3O3/c1-15(2)7-12(20)14(13(21)8-15)10-5-4-9(22-3)6-11(10)16(17,18)19/h4-6,14H,7-8H2,1-3H3. The Morgan fingerprint density at radius 3 is 2.14 bits per heavy atom. The maximum Gasteiger partial charge on any atom is 0.416 e. The first kappa shape index (κ1) is 16.5. The lowest BCUT2D eigenvalue weighted by Gasteiger charge is -2.33. The van der Waals surface area contributed by atoms with Crippen molar-refractivity contribution in [2.75, 3.05) is 7.11 Å². The molecule has 120 valence electrons. The molecule has 0 heterocycles. The summed E-state index contributed by atoms with van der Waals surface area (Å²) in [7, 11) is 1.26.